The number of aliphatic hydroxyl groups excluding tert-OH is 5. The Bertz CT molecular complexity index is 721. The minimum Gasteiger partial charge on any atom is -0.461 e. The summed E-state index contributed by atoms with van der Waals surface area (Å²) in [5.74, 6) is -1.39. The molecule has 30 heavy (non-hydrogen) atoms. The van der Waals surface area contributed by atoms with E-state index in [0.717, 1.165) is 0 Å². The average Bonchev–Trinajstić information content (AvgIpc) is 3.12. The minimum atomic E-state index is -1.55. The van der Waals surface area contributed by atoms with Crippen LogP contribution in [0, 0.1) is 23.7 Å². The molecule has 9 nitrogen and oxygen atoms in total. The van der Waals surface area contributed by atoms with Crippen LogP contribution >= 0.6 is 0 Å². The van der Waals surface area contributed by atoms with Gasteiger partial charge in [0.1, 0.15) is 30.5 Å². The average molecular weight is 426 g/mol. The molecule has 5 N–H and O–H groups in total. The lowest BCUT2D eigenvalue weighted by Gasteiger charge is -2.41. The molecule has 2 saturated carbocycles. The van der Waals surface area contributed by atoms with Crippen LogP contribution in [0.1, 0.15) is 19.8 Å². The molecule has 4 rings (SSSR count). The first-order valence-electron chi connectivity index (χ1n) is 10.4. The Morgan fingerprint density at radius 3 is 2.43 bits per heavy atom. The smallest absolute Gasteiger partial charge is 0.309 e. The standard InChI is InChI=1S/C21H30O9/c1-7-10-4-12(23)9(3)15(10)19-11(8(2)20(27)30-19)5-13(7)28-21-18(26)17(25)16(24)14(6-22)29-21/h8,10-19,21-26H,1,3-6H2,2H3. The fraction of sp³-hybridized carbons (Fsp3) is 0.762. The van der Waals surface area contributed by atoms with Gasteiger partial charge in [0, 0.05) is 11.8 Å². The van der Waals surface area contributed by atoms with E-state index in [4.69, 9.17) is 14.2 Å². The number of carbonyl (C=O) groups is 1. The number of aliphatic hydroxyl groups is 5. The first-order chi connectivity index (χ1) is 14.1. The number of hydrogen-bond donors (Lipinski definition) is 5. The normalized spacial score (nSPS) is 51.3. The van der Waals surface area contributed by atoms with E-state index in [-0.39, 0.29) is 29.6 Å². The van der Waals surface area contributed by atoms with Gasteiger partial charge in [0.05, 0.1) is 24.7 Å². The third-order valence-corrected chi connectivity index (χ3v) is 7.33. The first kappa shape index (κ1) is 21.9. The van der Waals surface area contributed by atoms with Crippen molar-refractivity contribution < 1.29 is 44.5 Å². The van der Waals surface area contributed by atoms with E-state index in [1.54, 1.807) is 6.92 Å². The maximum absolute atomic E-state index is 12.3. The third-order valence-electron chi connectivity index (χ3n) is 7.33. The van der Waals surface area contributed by atoms with Crippen LogP contribution in [0.2, 0.25) is 0 Å². The van der Waals surface area contributed by atoms with Crippen LogP contribution in [0.15, 0.2) is 24.3 Å². The van der Waals surface area contributed by atoms with Crippen LogP contribution in [0.25, 0.3) is 0 Å². The van der Waals surface area contributed by atoms with Gasteiger partial charge in [-0.25, -0.2) is 0 Å². The Morgan fingerprint density at radius 2 is 1.77 bits per heavy atom. The molecule has 0 spiro atoms. The van der Waals surface area contributed by atoms with Gasteiger partial charge in [0.2, 0.25) is 0 Å². The summed E-state index contributed by atoms with van der Waals surface area (Å²) in [6, 6.07) is 0. The number of carbonyl (C=O) groups excluding carboxylic acids is 1. The van der Waals surface area contributed by atoms with E-state index in [2.05, 4.69) is 13.2 Å². The second kappa shape index (κ2) is 7.98. The predicted octanol–water partition coefficient (Wildman–Crippen LogP) is -1.14. The Morgan fingerprint density at radius 1 is 1.07 bits per heavy atom. The molecule has 9 heteroatoms. The highest BCUT2D eigenvalue weighted by atomic mass is 16.7. The van der Waals surface area contributed by atoms with E-state index in [9.17, 15) is 30.3 Å². The van der Waals surface area contributed by atoms with Crippen molar-refractivity contribution in [3.63, 3.8) is 0 Å². The molecule has 0 radical (unpaired) electrons. The zero-order valence-corrected chi connectivity index (χ0v) is 16.8. The van der Waals surface area contributed by atoms with Crippen LogP contribution in [-0.4, -0.2) is 87.1 Å². The first-order valence-corrected chi connectivity index (χ1v) is 10.4. The predicted molar refractivity (Wildman–Crippen MR) is 102 cm³/mol. The van der Waals surface area contributed by atoms with Gasteiger partial charge < -0.3 is 39.7 Å². The zero-order chi connectivity index (χ0) is 21.9. The number of esters is 1. The Labute approximate surface area is 174 Å². The molecule has 0 aromatic rings. The van der Waals surface area contributed by atoms with Crippen molar-refractivity contribution in [2.24, 2.45) is 23.7 Å². The van der Waals surface area contributed by atoms with E-state index in [1.165, 1.54) is 0 Å². The third kappa shape index (κ3) is 3.33. The molecule has 0 amide bonds. The van der Waals surface area contributed by atoms with E-state index >= 15 is 0 Å². The van der Waals surface area contributed by atoms with Gasteiger partial charge in [0.25, 0.3) is 0 Å². The van der Waals surface area contributed by atoms with Gasteiger partial charge in [0.15, 0.2) is 6.29 Å². The molecule has 12 atom stereocenters. The minimum absolute atomic E-state index is 0.207. The SMILES string of the molecule is C=C1C(OC2OC(CO)C(O)C(O)C2O)CC2C(C)C(=O)OC2C2C(=C)C(O)CC12. The molecule has 2 heterocycles. The molecule has 12 unspecified atom stereocenters. The monoisotopic (exact) mass is 426 g/mol. The lowest BCUT2D eigenvalue weighted by Crippen LogP contribution is -2.59. The van der Waals surface area contributed by atoms with Crippen LogP contribution in [-0.2, 0) is 19.0 Å². The number of rotatable bonds is 3. The van der Waals surface area contributed by atoms with Crippen molar-refractivity contribution in [1.82, 2.24) is 0 Å². The second-order valence-corrected chi connectivity index (χ2v) is 8.95. The Kier molecular flexibility index (Phi) is 5.82. The summed E-state index contributed by atoms with van der Waals surface area (Å²) in [7, 11) is 0. The quantitative estimate of drug-likeness (QED) is 0.279. The molecule has 4 aliphatic rings. The molecule has 0 bridgehead atoms. The molecule has 2 aliphatic carbocycles. The summed E-state index contributed by atoms with van der Waals surface area (Å²) >= 11 is 0. The maximum Gasteiger partial charge on any atom is 0.309 e. The van der Waals surface area contributed by atoms with Crippen molar-refractivity contribution in [2.45, 2.75) is 68.8 Å². The lowest BCUT2D eigenvalue weighted by atomic mass is 9.80. The van der Waals surface area contributed by atoms with Crippen LogP contribution < -0.4 is 0 Å². The van der Waals surface area contributed by atoms with Gasteiger partial charge in [-0.05, 0) is 29.9 Å². The Balaban J connectivity index is 1.61. The Hall–Kier alpha value is -1.33. The lowest BCUT2D eigenvalue weighted by molar-refractivity contribution is -0.309. The molecule has 0 aromatic carbocycles. The van der Waals surface area contributed by atoms with Crippen LogP contribution in [0.4, 0.5) is 0 Å². The van der Waals surface area contributed by atoms with Crippen LogP contribution in [0.5, 0.6) is 0 Å². The number of ether oxygens (including phenoxy) is 3. The molecular weight excluding hydrogens is 396 g/mol. The van der Waals surface area contributed by atoms with Crippen molar-refractivity contribution in [1.29, 1.82) is 0 Å². The van der Waals surface area contributed by atoms with Gasteiger partial charge in [-0.1, -0.05) is 20.1 Å². The summed E-state index contributed by atoms with van der Waals surface area (Å²) in [4.78, 5) is 12.3. The van der Waals surface area contributed by atoms with Gasteiger partial charge >= 0.3 is 5.97 Å². The van der Waals surface area contributed by atoms with Crippen molar-refractivity contribution in [3.8, 4) is 0 Å². The topological polar surface area (TPSA) is 146 Å². The van der Waals surface area contributed by atoms with E-state index in [0.29, 0.717) is 24.0 Å². The molecule has 2 saturated heterocycles. The number of fused-ring (bicyclic) bond motifs is 3. The summed E-state index contributed by atoms with van der Waals surface area (Å²) in [6.45, 7) is 9.44. The molecule has 2 aliphatic heterocycles. The van der Waals surface area contributed by atoms with Crippen molar-refractivity contribution >= 4 is 5.97 Å². The van der Waals surface area contributed by atoms with Gasteiger partial charge in [-0.2, -0.15) is 0 Å². The second-order valence-electron chi connectivity index (χ2n) is 8.95. The molecule has 4 fully saturated rings. The number of hydrogen-bond acceptors (Lipinski definition) is 9. The van der Waals surface area contributed by atoms with Crippen LogP contribution in [0.3, 0.4) is 0 Å². The molecule has 168 valence electrons. The molecular formula is C21H30O9. The highest BCUT2D eigenvalue weighted by Gasteiger charge is 2.56. The van der Waals surface area contributed by atoms with Gasteiger partial charge in [-0.3, -0.25) is 4.79 Å². The molecule has 0 aromatic heterocycles. The fourth-order valence-corrected chi connectivity index (χ4v) is 5.43. The van der Waals surface area contributed by atoms with E-state index < -0.39 is 55.6 Å². The van der Waals surface area contributed by atoms with Gasteiger partial charge in [-0.15, -0.1) is 0 Å². The van der Waals surface area contributed by atoms with Crippen molar-refractivity contribution in [3.05, 3.63) is 24.3 Å². The highest BCUT2D eigenvalue weighted by molar-refractivity contribution is 5.75. The summed E-state index contributed by atoms with van der Waals surface area (Å²) in [5, 5.41) is 50.2. The zero-order valence-electron chi connectivity index (χ0n) is 16.8. The summed E-state index contributed by atoms with van der Waals surface area (Å²) in [6.07, 6.45) is -8.03. The summed E-state index contributed by atoms with van der Waals surface area (Å²) in [5.41, 5.74) is 1.29. The van der Waals surface area contributed by atoms with E-state index in [1.807, 2.05) is 0 Å². The highest BCUT2D eigenvalue weighted by Crippen LogP contribution is 2.53. The maximum atomic E-state index is 12.3. The largest absolute Gasteiger partial charge is 0.461 e. The van der Waals surface area contributed by atoms with Crippen molar-refractivity contribution in [2.75, 3.05) is 6.61 Å². The summed E-state index contributed by atoms with van der Waals surface area (Å²) < 4.78 is 17.2. The fourth-order valence-electron chi connectivity index (χ4n) is 5.43.